The van der Waals surface area contributed by atoms with Crippen molar-refractivity contribution >= 4 is 52.4 Å². The fraction of sp³-hybridized carbons (Fsp3) is 0.422. The predicted molar refractivity (Wildman–Crippen MR) is 453 cm³/mol. The molecule has 0 aliphatic carbocycles. The van der Waals surface area contributed by atoms with Gasteiger partial charge in [0.05, 0.1) is 63.0 Å². The molecule has 4 aliphatic rings. The van der Waals surface area contributed by atoms with Crippen LogP contribution in [0.3, 0.4) is 0 Å². The number of pyridine rings is 4. The van der Waals surface area contributed by atoms with Gasteiger partial charge in [-0.1, -0.05) is 84.8 Å². The van der Waals surface area contributed by atoms with E-state index >= 15 is 0 Å². The third-order valence-corrected chi connectivity index (χ3v) is 19.5. The number of nitrogens with zero attached hydrogens (tertiary/aromatic N) is 11. The first-order valence-corrected chi connectivity index (χ1v) is 37.2. The molecule has 3 amide bonds. The fourth-order valence-electron chi connectivity index (χ4n) is 12.6. The van der Waals surface area contributed by atoms with Crippen molar-refractivity contribution in [2.45, 2.75) is 173 Å². The maximum absolute atomic E-state index is 14.1. The summed E-state index contributed by atoms with van der Waals surface area (Å²) in [5.74, 6) is -5.75. The standard InChI is InChI=1S/C24H20F2N4O.C18H22F2N2O2.C13H14F2N2.C11H8N2O2.C11H18N2O2.C7H5BrF2.6CH4.ClH/c25-20-4-1-5-21(26)19(20)15-24(16-27)8-13-30(14-9-24)23(31)18-3-2-10-29-22(18)17-6-11-28-12-7-17;1-17(2,3)24-16(23)22-9-7-18(12-21,8-10-22)11-13-14(19)5-4-6-15(13)20;14-11-2-1-3-12(15)10(11)8-13(9-16)4-6-17-7-5-13;14-11(15)9-2-1-5-13-10(9)8-3-6-12-7-4-8;1-11(2,3)15-10(14)13-6-4-9(8-12)5-7-13;8-4-5-6(9)2-1-3-7(5)10;;;;;;;/h1-7,10-12H,8-9,13-15H2;4-6H,7-11H2,1-3H3;1-3,17H,4-8H2;1-7H,(H,14,15);9H,4-7H2,1-3H3;1-3H,4H2;6*1H4;1H. The minimum absolute atomic E-state index is 0. The molecule has 0 bridgehead atoms. The Bertz CT molecular complexity index is 4600. The van der Waals surface area contributed by atoms with E-state index in [-0.39, 0.29) is 127 Å². The Labute approximate surface area is 711 Å². The number of ether oxygens (including phenoxy) is 2. The average molecular weight is 1740 g/mol. The second-order valence-corrected chi connectivity index (χ2v) is 29.7. The summed E-state index contributed by atoms with van der Waals surface area (Å²) >= 11 is 2.98. The van der Waals surface area contributed by atoms with Crippen molar-refractivity contribution < 1.29 is 68.9 Å². The number of rotatable bonds is 11. The number of hydrogen-bond donors (Lipinski definition) is 2. The van der Waals surface area contributed by atoms with E-state index in [1.54, 1.807) is 115 Å². The summed E-state index contributed by atoms with van der Waals surface area (Å²) in [6, 6.07) is 37.6. The van der Waals surface area contributed by atoms with Gasteiger partial charge in [-0.05, 0) is 222 Å². The maximum atomic E-state index is 14.1. The predicted octanol–water partition coefficient (Wildman–Crippen LogP) is 22.0. The summed E-state index contributed by atoms with van der Waals surface area (Å²) in [7, 11) is 0. The molecule has 119 heavy (non-hydrogen) atoms. The molecule has 4 aromatic carbocycles. The molecule has 12 rings (SSSR count). The van der Waals surface area contributed by atoms with Gasteiger partial charge in [0.15, 0.2) is 0 Å². The van der Waals surface area contributed by atoms with Crippen LogP contribution in [0.4, 0.5) is 44.7 Å². The van der Waals surface area contributed by atoms with E-state index in [0.29, 0.717) is 94.7 Å². The van der Waals surface area contributed by atoms with Crippen molar-refractivity contribution in [2.75, 3.05) is 52.4 Å². The van der Waals surface area contributed by atoms with Crippen LogP contribution in [0, 0.1) is 114 Å². The number of halogens is 10. The Hall–Kier alpha value is -10.9. The van der Waals surface area contributed by atoms with E-state index in [0.717, 1.165) is 37.1 Å². The first-order valence-electron chi connectivity index (χ1n) is 36.1. The topological polar surface area (TPSA) is 275 Å². The van der Waals surface area contributed by atoms with Crippen molar-refractivity contribution in [1.29, 1.82) is 21.0 Å². The number of carboxylic acids is 1. The molecule has 19 nitrogen and oxygen atoms in total. The summed E-state index contributed by atoms with van der Waals surface area (Å²) in [5.41, 5.74) is -0.215. The molecule has 0 unspecified atom stereocenters. The van der Waals surface area contributed by atoms with Crippen molar-refractivity contribution in [3.8, 4) is 46.8 Å². The van der Waals surface area contributed by atoms with Crippen LogP contribution >= 0.6 is 28.3 Å². The molecular formula is C90H112BrClF8N12O7. The Kier molecular flexibility index (Phi) is 46.1. The lowest BCUT2D eigenvalue weighted by molar-refractivity contribution is 0.0145. The summed E-state index contributed by atoms with van der Waals surface area (Å²) in [6.45, 7) is 15.0. The summed E-state index contributed by atoms with van der Waals surface area (Å²) in [5, 5.41) is 49.7. The summed E-state index contributed by atoms with van der Waals surface area (Å²) < 4.78 is 119. The molecule has 4 aliphatic heterocycles. The van der Waals surface area contributed by atoms with Crippen LogP contribution in [-0.4, -0.2) is 127 Å². The van der Waals surface area contributed by atoms with Crippen LogP contribution in [0.1, 0.15) is 180 Å². The quantitative estimate of drug-likeness (QED) is 0.0899. The van der Waals surface area contributed by atoms with E-state index in [9.17, 15) is 70.1 Å². The molecule has 4 fully saturated rings. The van der Waals surface area contributed by atoms with Crippen LogP contribution in [0.5, 0.6) is 0 Å². The van der Waals surface area contributed by atoms with Gasteiger partial charge in [-0.25, -0.2) is 49.5 Å². The van der Waals surface area contributed by atoms with Gasteiger partial charge < -0.3 is 34.6 Å². The average Bonchev–Trinajstić information content (AvgIpc) is 0.808. The number of amides is 3. The Balaban J connectivity index is 0.00000143. The van der Waals surface area contributed by atoms with Gasteiger partial charge in [0.2, 0.25) is 0 Å². The molecule has 29 heteroatoms. The molecular weight excluding hydrogens is 1630 g/mol. The molecule has 2 N–H and O–H groups in total. The van der Waals surface area contributed by atoms with Gasteiger partial charge in [-0.3, -0.25) is 24.7 Å². The summed E-state index contributed by atoms with van der Waals surface area (Å²) in [4.78, 5) is 69.1. The van der Waals surface area contributed by atoms with E-state index in [4.69, 9.17) is 19.8 Å². The largest absolute Gasteiger partial charge is 0.478 e. The minimum Gasteiger partial charge on any atom is -0.478 e. The normalized spacial score (nSPS) is 14.5. The highest BCUT2D eigenvalue weighted by atomic mass is 79.9. The number of aromatic nitrogens is 4. The van der Waals surface area contributed by atoms with E-state index in [1.165, 1.54) is 78.9 Å². The third kappa shape index (κ3) is 31.7. The zero-order valence-corrected chi connectivity index (χ0v) is 65.8. The van der Waals surface area contributed by atoms with Crippen molar-refractivity contribution in [1.82, 2.24) is 40.0 Å². The third-order valence-electron chi connectivity index (χ3n) is 18.9. The Morgan fingerprint density at radius 1 is 0.454 bits per heavy atom. The van der Waals surface area contributed by atoms with Crippen LogP contribution < -0.4 is 5.32 Å². The Morgan fingerprint density at radius 3 is 1.06 bits per heavy atom. The van der Waals surface area contributed by atoms with Crippen LogP contribution in [0.2, 0.25) is 0 Å². The number of likely N-dealkylation sites (tertiary alicyclic amines) is 3. The molecule has 8 heterocycles. The first kappa shape index (κ1) is 108. The number of carbonyl (C=O) groups is 4. The molecule has 644 valence electrons. The van der Waals surface area contributed by atoms with Gasteiger partial charge >= 0.3 is 18.2 Å². The van der Waals surface area contributed by atoms with Crippen LogP contribution in [0.25, 0.3) is 22.5 Å². The highest BCUT2D eigenvalue weighted by Gasteiger charge is 2.41. The summed E-state index contributed by atoms with van der Waals surface area (Å²) in [6.07, 6.45) is 13.3. The van der Waals surface area contributed by atoms with E-state index < -0.39 is 86.0 Å². The van der Waals surface area contributed by atoms with E-state index in [2.05, 4.69) is 65.5 Å². The molecule has 4 aromatic heterocycles. The molecule has 0 saturated carbocycles. The number of benzene rings is 4. The second-order valence-electron chi connectivity index (χ2n) is 29.1. The molecule has 0 spiro atoms. The monoisotopic (exact) mass is 1740 g/mol. The van der Waals surface area contributed by atoms with Crippen molar-refractivity contribution in [2.24, 2.45) is 22.2 Å². The number of hydrogen-bond acceptors (Lipinski definition) is 15. The molecule has 0 atom stereocenters. The van der Waals surface area contributed by atoms with Crippen molar-refractivity contribution in [3.05, 3.63) is 238 Å². The number of nitrogens with one attached hydrogen (secondary N) is 1. The van der Waals surface area contributed by atoms with Gasteiger partial charge in [0.1, 0.15) is 57.7 Å². The van der Waals surface area contributed by atoms with Gasteiger partial charge in [0, 0.05) is 121 Å². The van der Waals surface area contributed by atoms with Gasteiger partial charge in [0.25, 0.3) is 5.91 Å². The highest BCUT2D eigenvalue weighted by molar-refractivity contribution is 9.08. The number of carbonyl (C=O) groups excluding carboxylic acids is 3. The smallest absolute Gasteiger partial charge is 0.410 e. The lowest BCUT2D eigenvalue weighted by Gasteiger charge is -2.38. The van der Waals surface area contributed by atoms with Crippen LogP contribution in [-0.2, 0) is 34.1 Å². The molecule has 8 aromatic rings. The van der Waals surface area contributed by atoms with Crippen LogP contribution in [0.15, 0.2) is 159 Å². The number of nitriles is 4. The molecule has 0 radical (unpaired) electrons. The lowest BCUT2D eigenvalue weighted by atomic mass is 9.74. The SMILES string of the molecule is C.C.C.C.C.C.CC(C)(C)OC(=O)N1CCC(C#N)(Cc2c(F)cccc2F)CC1.CC(C)(C)OC(=O)N1CCC(C#N)CC1.Cl.Fc1cccc(F)c1CBr.N#CC1(Cc2c(F)cccc2F)CCN(C(=O)c2cccnc2-c2ccncc2)CC1.N#CC1(Cc2c(F)cccc2F)CCNCC1.O=C(O)c1cccnc1-c1ccncc1. The van der Waals surface area contributed by atoms with Gasteiger partial charge in [-0.15, -0.1) is 12.4 Å². The first-order chi connectivity index (χ1) is 53.3. The number of piperidine rings is 4. The fourth-order valence-corrected chi connectivity index (χ4v) is 13.1. The van der Waals surface area contributed by atoms with Crippen molar-refractivity contribution in [3.63, 3.8) is 0 Å². The number of carboxylic acid groups (broad SMARTS) is 1. The maximum Gasteiger partial charge on any atom is 0.410 e. The molecule has 4 saturated heterocycles. The zero-order chi connectivity index (χ0) is 81.8. The van der Waals surface area contributed by atoms with E-state index in [1.807, 2.05) is 20.8 Å². The minimum atomic E-state index is -0.977. The second kappa shape index (κ2) is 50.8. The zero-order valence-electron chi connectivity index (χ0n) is 63.4. The van der Waals surface area contributed by atoms with Gasteiger partial charge in [-0.2, -0.15) is 21.0 Å². The Morgan fingerprint density at radius 2 is 0.756 bits per heavy atom. The highest BCUT2D eigenvalue weighted by Crippen LogP contribution is 2.40. The number of aromatic carboxylic acids is 1. The lowest BCUT2D eigenvalue weighted by Crippen LogP contribution is -2.45. The number of alkyl halides is 1.